The highest BCUT2D eigenvalue weighted by Crippen LogP contribution is 0.648. The Morgan fingerprint density at radius 2 is 0.750 bits per heavy atom. The molecule has 0 unspecified atom stereocenters. The summed E-state index contributed by atoms with van der Waals surface area (Å²) in [5, 5.41) is 0. The fourth-order valence-corrected chi connectivity index (χ4v) is 0. The lowest BCUT2D eigenvalue weighted by atomic mass is 10.8. The molecule has 0 heterocycles. The first-order valence-electron chi connectivity index (χ1n) is 0. The van der Waals surface area contributed by atoms with Crippen molar-refractivity contribution in [3.8, 4) is 0 Å². The van der Waals surface area contributed by atoms with Gasteiger partial charge < -0.3 is 6.15 Å². The maximum Gasteiger partial charge on any atom is 0.0814 e. The molecule has 3 N–H and O–H groups in total. The molecular weight excluding hydrogens is 67.7 g/mol. The third kappa shape index (κ3) is 26.1. The molecule has 0 fully saturated rings. The molecule has 0 spiro atoms. The summed E-state index contributed by atoms with van der Waals surface area (Å²) in [7, 11) is 0. The van der Waals surface area contributed by atoms with E-state index >= 15 is 0 Å². The monoisotopic (exact) mass is 79.1 g/mol. The second-order valence-electron chi connectivity index (χ2n) is 0. The van der Waals surface area contributed by atoms with Crippen molar-refractivity contribution in [1.82, 2.24) is 6.15 Å². The SMILES string of the molecule is B.B.N.S. The van der Waals surface area contributed by atoms with Crippen LogP contribution in [0.15, 0.2) is 0 Å². The van der Waals surface area contributed by atoms with E-state index in [1.54, 1.807) is 0 Å². The van der Waals surface area contributed by atoms with E-state index in [-0.39, 0.29) is 36.5 Å². The molecule has 0 aliphatic heterocycles. The van der Waals surface area contributed by atoms with Crippen molar-refractivity contribution in [3.63, 3.8) is 0 Å². The average molecular weight is 78.8 g/mol. The summed E-state index contributed by atoms with van der Waals surface area (Å²) in [6.07, 6.45) is 0. The zero-order chi connectivity index (χ0) is 0. The normalized spacial score (nSPS) is 0. The third-order valence-electron chi connectivity index (χ3n) is 0. The highest BCUT2D eigenvalue weighted by atomic mass is 32.1. The Bertz CT molecular complexity index is 6.00. The van der Waals surface area contributed by atoms with Crippen molar-refractivity contribution < 1.29 is 0 Å². The van der Waals surface area contributed by atoms with E-state index in [4.69, 9.17) is 0 Å². The summed E-state index contributed by atoms with van der Waals surface area (Å²) in [6, 6.07) is 0. The van der Waals surface area contributed by atoms with Crippen LogP contribution in [0.3, 0.4) is 0 Å². The Morgan fingerprint density at radius 3 is 0.750 bits per heavy atom. The molecular formula is H11B2NS. The van der Waals surface area contributed by atoms with Crippen molar-refractivity contribution in [2.24, 2.45) is 0 Å². The summed E-state index contributed by atoms with van der Waals surface area (Å²) >= 11 is 0. The highest BCUT2D eigenvalue weighted by Gasteiger charge is 0.0824. The van der Waals surface area contributed by atoms with Gasteiger partial charge in [-0.05, 0) is 0 Å². The minimum Gasteiger partial charge on any atom is -0.344 e. The number of hydrogen-bond donors (Lipinski definition) is 1. The Labute approximate surface area is 37.3 Å². The van der Waals surface area contributed by atoms with E-state index < -0.39 is 0 Å². The average Bonchev–Trinajstić information content (AvgIpc) is 0. The minimum absolute atomic E-state index is 0. The Morgan fingerprint density at radius 1 is 0.750 bits per heavy atom. The van der Waals surface area contributed by atoms with E-state index in [2.05, 4.69) is 0 Å². The Hall–Kier alpha value is 0.440. The Balaban J connectivity index is 0. The molecule has 0 bridgehead atoms. The fourth-order valence-electron chi connectivity index (χ4n) is 0. The van der Waals surface area contributed by atoms with E-state index in [9.17, 15) is 0 Å². The van der Waals surface area contributed by atoms with Gasteiger partial charge in [-0.3, -0.25) is 0 Å². The van der Waals surface area contributed by atoms with Crippen molar-refractivity contribution in [1.29, 1.82) is 0 Å². The van der Waals surface area contributed by atoms with Crippen LogP contribution in [0.5, 0.6) is 0 Å². The lowest BCUT2D eigenvalue weighted by Gasteiger charge is -0.344. The van der Waals surface area contributed by atoms with Gasteiger partial charge in [0, 0.05) is 0 Å². The van der Waals surface area contributed by atoms with Gasteiger partial charge in [0.2, 0.25) is 0 Å². The highest BCUT2D eigenvalue weighted by molar-refractivity contribution is 7.59. The largest absolute Gasteiger partial charge is 0.344 e. The molecule has 0 atom stereocenters. The second-order valence-corrected chi connectivity index (χ2v) is 0. The molecule has 0 aliphatic carbocycles. The standard InChI is InChI=1S/2BH3.H3N.H2S/h3*1H3;1H2. The molecule has 0 aromatic carbocycles. The van der Waals surface area contributed by atoms with Gasteiger partial charge >= 0.3 is 0 Å². The van der Waals surface area contributed by atoms with Gasteiger partial charge in [-0.15, -0.1) is 0 Å². The number of rotatable bonds is 0. The first-order chi connectivity index (χ1) is 0. The summed E-state index contributed by atoms with van der Waals surface area (Å²) in [4.78, 5) is 0. The van der Waals surface area contributed by atoms with Gasteiger partial charge in [-0.1, -0.05) is 0 Å². The minimum atomic E-state index is 0. The maximum absolute atomic E-state index is 0. The number of hydrogen-bond acceptors (Lipinski definition) is 1. The fraction of sp³-hybridized carbons (Fsp3) is 0. The van der Waals surface area contributed by atoms with Crippen LogP contribution in [0, 0.1) is 0 Å². The molecule has 0 aromatic heterocycles. The summed E-state index contributed by atoms with van der Waals surface area (Å²) in [5.74, 6) is 0. The Kier molecular flexibility index (Phi) is 7180. The van der Waals surface area contributed by atoms with Crippen molar-refractivity contribution in [2.45, 2.75) is 0 Å². The molecule has 0 aliphatic rings. The van der Waals surface area contributed by atoms with E-state index in [1.807, 2.05) is 0 Å². The summed E-state index contributed by atoms with van der Waals surface area (Å²) < 4.78 is 0. The predicted octanol–water partition coefficient (Wildman–Crippen LogP) is -2.09. The van der Waals surface area contributed by atoms with Crippen molar-refractivity contribution in [3.05, 3.63) is 0 Å². The molecule has 4 heteroatoms. The van der Waals surface area contributed by atoms with Gasteiger partial charge in [-0.25, -0.2) is 0 Å². The molecule has 0 radical (unpaired) electrons. The zero-order valence-electron chi connectivity index (χ0n) is 1.21. The van der Waals surface area contributed by atoms with Gasteiger partial charge in [0.05, 0.1) is 16.8 Å². The van der Waals surface area contributed by atoms with E-state index in [0.29, 0.717) is 0 Å². The molecule has 0 saturated heterocycles. The molecule has 0 saturated carbocycles. The van der Waals surface area contributed by atoms with Gasteiger partial charge in [0.1, 0.15) is 0 Å². The lowest BCUT2D eigenvalue weighted by molar-refractivity contribution is 2.13. The third-order valence-corrected chi connectivity index (χ3v) is 0. The van der Waals surface area contributed by atoms with E-state index in [1.165, 1.54) is 0 Å². The molecule has 0 amide bonds. The van der Waals surface area contributed by atoms with Crippen molar-refractivity contribution >= 4 is 30.3 Å². The maximum atomic E-state index is 0. The molecule has 28 valence electrons. The first kappa shape index (κ1) is 272. The topological polar surface area (TPSA) is 35.0 Å². The summed E-state index contributed by atoms with van der Waals surface area (Å²) in [6.45, 7) is 0. The van der Waals surface area contributed by atoms with Crippen molar-refractivity contribution in [2.75, 3.05) is 0 Å². The van der Waals surface area contributed by atoms with Crippen LogP contribution in [-0.4, -0.2) is 16.8 Å². The van der Waals surface area contributed by atoms with Gasteiger partial charge in [0.25, 0.3) is 0 Å². The molecule has 0 aromatic rings. The smallest absolute Gasteiger partial charge is 0.0814 e. The van der Waals surface area contributed by atoms with Crippen LogP contribution < -0.4 is 6.15 Å². The van der Waals surface area contributed by atoms with Gasteiger partial charge in [-0.2, -0.15) is 13.5 Å². The molecule has 4 heavy (non-hydrogen) atoms. The van der Waals surface area contributed by atoms with Crippen LogP contribution >= 0.6 is 13.5 Å². The quantitative estimate of drug-likeness (QED) is 0.332. The van der Waals surface area contributed by atoms with Crippen LogP contribution in [-0.2, 0) is 0 Å². The first-order valence-corrected chi connectivity index (χ1v) is 0. The van der Waals surface area contributed by atoms with Crippen LogP contribution in [0.1, 0.15) is 0 Å². The van der Waals surface area contributed by atoms with Crippen LogP contribution in [0.4, 0.5) is 0 Å². The molecule has 1 nitrogen and oxygen atoms in total. The predicted molar refractivity (Wildman–Crippen MR) is 35.3 cm³/mol. The van der Waals surface area contributed by atoms with Crippen LogP contribution in [0.2, 0.25) is 0 Å². The second kappa shape index (κ2) is 106. The van der Waals surface area contributed by atoms with E-state index in [0.717, 1.165) is 0 Å². The van der Waals surface area contributed by atoms with Gasteiger partial charge in [0.15, 0.2) is 0 Å². The lowest BCUT2D eigenvalue weighted by Crippen LogP contribution is -0.481. The zero-order valence-corrected chi connectivity index (χ0v) is 2.21. The van der Waals surface area contributed by atoms with Crippen LogP contribution in [0.25, 0.3) is 0 Å². The summed E-state index contributed by atoms with van der Waals surface area (Å²) in [5.41, 5.74) is 0. The molecule has 0 rings (SSSR count).